The molecule has 0 unspecified atom stereocenters. The topological polar surface area (TPSA) is 17.8 Å². The minimum absolute atomic E-state index is 0.130. The highest BCUT2D eigenvalue weighted by atomic mass is 35.5. The summed E-state index contributed by atoms with van der Waals surface area (Å²) in [6.45, 7) is 0.585. The summed E-state index contributed by atoms with van der Waals surface area (Å²) >= 11 is 11.5. The molecule has 0 N–H and O–H groups in total. The highest BCUT2D eigenvalue weighted by molar-refractivity contribution is 6.30. The Balaban J connectivity index is 2.24. The number of hydrogen-bond acceptors (Lipinski definition) is 1. The van der Waals surface area contributed by atoms with Crippen LogP contribution >= 0.6 is 23.2 Å². The zero-order chi connectivity index (χ0) is 11.5. The first-order valence-electron chi connectivity index (χ1n) is 4.69. The highest BCUT2D eigenvalue weighted by Gasteiger charge is 2.04. The predicted molar refractivity (Wildman–Crippen MR) is 62.3 cm³/mol. The molecule has 0 aliphatic rings. The smallest absolute Gasteiger partial charge is 0.141 e. The first kappa shape index (κ1) is 11.4. The van der Waals surface area contributed by atoms with Gasteiger partial charge in [0.2, 0.25) is 0 Å². The number of nitrogens with zero attached hydrogens (tertiary/aromatic N) is 2. The van der Waals surface area contributed by atoms with Gasteiger partial charge in [-0.3, -0.25) is 0 Å². The van der Waals surface area contributed by atoms with Crippen LogP contribution in [0.4, 0.5) is 4.39 Å². The Hall–Kier alpha value is -1.06. The second-order valence-corrected chi connectivity index (χ2v) is 4.07. The average molecular weight is 259 g/mol. The maximum atomic E-state index is 13.0. The monoisotopic (exact) mass is 258 g/mol. The van der Waals surface area contributed by atoms with Gasteiger partial charge >= 0.3 is 0 Å². The minimum Gasteiger partial charge on any atom is -0.329 e. The van der Waals surface area contributed by atoms with Gasteiger partial charge in [-0.15, -0.1) is 11.6 Å². The number of halogens is 3. The molecule has 0 bridgehead atoms. The van der Waals surface area contributed by atoms with Gasteiger partial charge < -0.3 is 4.57 Å². The Morgan fingerprint density at radius 2 is 2.19 bits per heavy atom. The molecule has 0 aliphatic heterocycles. The lowest BCUT2D eigenvalue weighted by atomic mass is 10.2. The van der Waals surface area contributed by atoms with Crippen LogP contribution in [0.5, 0.6) is 0 Å². The summed E-state index contributed by atoms with van der Waals surface area (Å²) in [5, 5.41) is 0.130. The molecule has 2 nitrogen and oxygen atoms in total. The molecule has 1 heterocycles. The van der Waals surface area contributed by atoms with Gasteiger partial charge in [-0.25, -0.2) is 9.37 Å². The number of rotatable bonds is 3. The second-order valence-electron chi connectivity index (χ2n) is 3.39. The van der Waals surface area contributed by atoms with Gasteiger partial charge in [0.25, 0.3) is 0 Å². The van der Waals surface area contributed by atoms with Crippen LogP contribution in [0.2, 0.25) is 5.02 Å². The fourth-order valence-electron chi connectivity index (χ4n) is 1.44. The van der Waals surface area contributed by atoms with Crippen LogP contribution in [0.3, 0.4) is 0 Å². The van der Waals surface area contributed by atoms with E-state index in [2.05, 4.69) is 4.98 Å². The number of imidazole rings is 1. The quantitative estimate of drug-likeness (QED) is 0.772. The van der Waals surface area contributed by atoms with Gasteiger partial charge in [-0.05, 0) is 17.7 Å². The van der Waals surface area contributed by atoms with Crippen LogP contribution in [-0.2, 0) is 12.4 Å². The molecule has 0 aliphatic carbocycles. The lowest BCUT2D eigenvalue weighted by Crippen LogP contribution is -2.01. The van der Waals surface area contributed by atoms with E-state index in [4.69, 9.17) is 23.2 Å². The van der Waals surface area contributed by atoms with Gasteiger partial charge in [0.1, 0.15) is 5.82 Å². The fraction of sp³-hybridized carbons (Fsp3) is 0.182. The van der Waals surface area contributed by atoms with Crippen molar-refractivity contribution in [1.29, 1.82) is 0 Å². The van der Waals surface area contributed by atoms with Crippen molar-refractivity contribution in [2.24, 2.45) is 0 Å². The Kier molecular flexibility index (Phi) is 3.46. The number of hydrogen-bond donors (Lipinski definition) is 0. The Morgan fingerprint density at radius 1 is 1.38 bits per heavy atom. The molecule has 2 aromatic rings. The molecule has 0 saturated carbocycles. The van der Waals surface area contributed by atoms with Gasteiger partial charge in [-0.2, -0.15) is 0 Å². The van der Waals surface area contributed by atoms with E-state index in [1.54, 1.807) is 24.7 Å². The Bertz CT molecular complexity index is 496. The van der Waals surface area contributed by atoms with E-state index < -0.39 is 5.82 Å². The van der Waals surface area contributed by atoms with Gasteiger partial charge in [0, 0.05) is 12.7 Å². The van der Waals surface area contributed by atoms with E-state index >= 15 is 0 Å². The van der Waals surface area contributed by atoms with E-state index in [1.807, 2.05) is 4.57 Å². The summed E-state index contributed by atoms with van der Waals surface area (Å²) in [6.07, 6.45) is 3.40. The molecule has 16 heavy (non-hydrogen) atoms. The van der Waals surface area contributed by atoms with Crippen molar-refractivity contribution in [2.45, 2.75) is 12.4 Å². The van der Waals surface area contributed by atoms with Crippen molar-refractivity contribution >= 4 is 23.2 Å². The largest absolute Gasteiger partial charge is 0.329 e. The summed E-state index contributed by atoms with van der Waals surface area (Å²) in [7, 11) is 0. The molecule has 0 spiro atoms. The molecule has 0 atom stereocenters. The molecule has 0 saturated heterocycles. The SMILES string of the molecule is Fc1ccc(Cn2cncc2CCl)cc1Cl. The van der Waals surface area contributed by atoms with Crippen LogP contribution in [0.15, 0.2) is 30.7 Å². The van der Waals surface area contributed by atoms with Gasteiger partial charge in [0.15, 0.2) is 0 Å². The van der Waals surface area contributed by atoms with Crippen LogP contribution < -0.4 is 0 Å². The van der Waals surface area contributed by atoms with E-state index in [1.165, 1.54) is 6.07 Å². The van der Waals surface area contributed by atoms with Crippen molar-refractivity contribution in [3.05, 3.63) is 52.8 Å². The summed E-state index contributed by atoms with van der Waals surface area (Å²) in [4.78, 5) is 4.00. The zero-order valence-electron chi connectivity index (χ0n) is 8.33. The minimum atomic E-state index is -0.409. The molecule has 1 aromatic heterocycles. The van der Waals surface area contributed by atoms with E-state index in [0.29, 0.717) is 12.4 Å². The predicted octanol–water partition coefficient (Wildman–Crippen LogP) is 3.46. The van der Waals surface area contributed by atoms with Crippen molar-refractivity contribution < 1.29 is 4.39 Å². The maximum Gasteiger partial charge on any atom is 0.141 e. The van der Waals surface area contributed by atoms with Crippen LogP contribution in [0.1, 0.15) is 11.3 Å². The third kappa shape index (κ3) is 2.36. The molecule has 2 rings (SSSR count). The lowest BCUT2D eigenvalue weighted by Gasteiger charge is -2.06. The van der Waals surface area contributed by atoms with E-state index in [9.17, 15) is 4.39 Å². The molecule has 1 aromatic carbocycles. The third-order valence-corrected chi connectivity index (χ3v) is 2.84. The molecule has 0 amide bonds. The first-order chi connectivity index (χ1) is 7.70. The summed E-state index contributed by atoms with van der Waals surface area (Å²) in [5.74, 6) is -0.0109. The molecule has 84 valence electrons. The van der Waals surface area contributed by atoms with Crippen LogP contribution in [0.25, 0.3) is 0 Å². The lowest BCUT2D eigenvalue weighted by molar-refractivity contribution is 0.626. The summed E-state index contributed by atoms with van der Waals surface area (Å²) in [5.41, 5.74) is 1.83. The summed E-state index contributed by atoms with van der Waals surface area (Å²) in [6, 6.07) is 4.66. The standard InChI is InChI=1S/C11H9Cl2FN2/c12-4-9-5-15-7-16(9)6-8-1-2-11(14)10(13)3-8/h1-3,5,7H,4,6H2. The highest BCUT2D eigenvalue weighted by Crippen LogP contribution is 2.17. The fourth-order valence-corrected chi connectivity index (χ4v) is 1.86. The zero-order valence-corrected chi connectivity index (χ0v) is 9.84. The van der Waals surface area contributed by atoms with Crippen molar-refractivity contribution in [1.82, 2.24) is 9.55 Å². The van der Waals surface area contributed by atoms with E-state index in [-0.39, 0.29) is 5.02 Å². The van der Waals surface area contributed by atoms with Gasteiger partial charge in [-0.1, -0.05) is 17.7 Å². The molecule has 0 fully saturated rings. The van der Waals surface area contributed by atoms with Crippen LogP contribution in [-0.4, -0.2) is 9.55 Å². The van der Waals surface area contributed by atoms with Crippen molar-refractivity contribution in [3.8, 4) is 0 Å². The molecular formula is C11H9Cl2FN2. The number of benzene rings is 1. The molecule has 0 radical (unpaired) electrons. The van der Waals surface area contributed by atoms with E-state index in [0.717, 1.165) is 11.3 Å². The summed E-state index contributed by atoms with van der Waals surface area (Å²) < 4.78 is 14.9. The second kappa shape index (κ2) is 4.85. The van der Waals surface area contributed by atoms with Crippen molar-refractivity contribution in [2.75, 3.05) is 0 Å². The number of aromatic nitrogens is 2. The maximum absolute atomic E-state index is 13.0. The molecule has 5 heteroatoms. The first-order valence-corrected chi connectivity index (χ1v) is 5.61. The average Bonchev–Trinajstić information content (AvgIpc) is 2.71. The Morgan fingerprint density at radius 3 is 2.88 bits per heavy atom. The van der Waals surface area contributed by atoms with Crippen molar-refractivity contribution in [3.63, 3.8) is 0 Å². The Labute approximate surface area is 103 Å². The normalized spacial score (nSPS) is 10.7. The third-order valence-electron chi connectivity index (χ3n) is 2.27. The molecular weight excluding hydrogens is 250 g/mol. The van der Waals surface area contributed by atoms with Crippen LogP contribution in [0, 0.1) is 5.82 Å². The van der Waals surface area contributed by atoms with Gasteiger partial charge in [0.05, 0.1) is 22.9 Å². The number of alkyl halides is 1.